The van der Waals surface area contributed by atoms with Crippen LogP contribution in [0.3, 0.4) is 0 Å². The van der Waals surface area contributed by atoms with Crippen molar-refractivity contribution in [1.29, 1.82) is 0 Å². The van der Waals surface area contributed by atoms with Crippen LogP contribution in [-0.4, -0.2) is 5.11 Å². The van der Waals surface area contributed by atoms with Crippen molar-refractivity contribution < 1.29 is 5.11 Å². The summed E-state index contributed by atoms with van der Waals surface area (Å²) in [5.41, 5.74) is 2.34. The molecule has 1 aromatic heterocycles. The molecule has 15 heavy (non-hydrogen) atoms. The fraction of sp³-hybridized carbons (Fsp3) is 0.231. The second-order valence-corrected chi connectivity index (χ2v) is 5.10. The summed E-state index contributed by atoms with van der Waals surface area (Å²) in [6.45, 7) is 4.26. The first kappa shape index (κ1) is 10.2. The normalized spacial score (nSPS) is 10.5. The molecule has 0 spiro atoms. The molecule has 0 atom stereocenters. The van der Waals surface area contributed by atoms with Gasteiger partial charge >= 0.3 is 0 Å². The van der Waals surface area contributed by atoms with E-state index in [4.69, 9.17) is 0 Å². The Morgan fingerprint density at radius 2 is 1.93 bits per heavy atom. The van der Waals surface area contributed by atoms with E-state index < -0.39 is 0 Å². The molecular weight excluding hydrogens is 204 g/mol. The average Bonchev–Trinajstić information content (AvgIpc) is 2.50. The van der Waals surface area contributed by atoms with E-state index in [0.29, 0.717) is 5.75 Å². The quantitative estimate of drug-likeness (QED) is 0.815. The first-order valence-corrected chi connectivity index (χ1v) is 5.81. The van der Waals surface area contributed by atoms with Crippen molar-refractivity contribution >= 4 is 11.3 Å². The van der Waals surface area contributed by atoms with Gasteiger partial charge in [0.25, 0.3) is 0 Å². The van der Waals surface area contributed by atoms with Gasteiger partial charge in [0.15, 0.2) is 0 Å². The number of rotatable bonds is 2. The number of para-hydroxylation sites is 1. The van der Waals surface area contributed by atoms with Crippen LogP contribution in [0.1, 0.15) is 20.9 Å². The van der Waals surface area contributed by atoms with E-state index in [9.17, 15) is 5.11 Å². The van der Waals surface area contributed by atoms with Gasteiger partial charge in [-0.05, 0) is 37.1 Å². The molecule has 2 aromatic rings. The molecule has 0 unspecified atom stereocenters. The topological polar surface area (TPSA) is 20.2 Å². The Labute approximate surface area is 94.0 Å². The van der Waals surface area contributed by atoms with Gasteiger partial charge in [-0.25, -0.2) is 0 Å². The maximum Gasteiger partial charge on any atom is 0.119 e. The van der Waals surface area contributed by atoms with Crippen LogP contribution in [0, 0.1) is 13.8 Å². The molecule has 0 aliphatic heterocycles. The zero-order valence-electron chi connectivity index (χ0n) is 8.95. The van der Waals surface area contributed by atoms with Crippen molar-refractivity contribution in [2.24, 2.45) is 0 Å². The molecular formula is C13H14OS. The summed E-state index contributed by atoms with van der Waals surface area (Å²) in [4.78, 5) is 2.67. The third-order valence-electron chi connectivity index (χ3n) is 2.57. The molecule has 0 aliphatic carbocycles. The smallest absolute Gasteiger partial charge is 0.119 e. The van der Waals surface area contributed by atoms with Crippen LogP contribution < -0.4 is 0 Å². The highest BCUT2D eigenvalue weighted by molar-refractivity contribution is 7.12. The third-order valence-corrected chi connectivity index (χ3v) is 3.73. The molecule has 2 rings (SSSR count). The molecule has 1 N–H and O–H groups in total. The maximum absolute atomic E-state index is 9.65. The van der Waals surface area contributed by atoms with E-state index in [2.05, 4.69) is 19.9 Å². The van der Waals surface area contributed by atoms with E-state index in [1.807, 2.05) is 18.2 Å². The van der Waals surface area contributed by atoms with Gasteiger partial charge in [0.2, 0.25) is 0 Å². The van der Waals surface area contributed by atoms with Gasteiger partial charge in [0.05, 0.1) is 0 Å². The summed E-state index contributed by atoms with van der Waals surface area (Å²) < 4.78 is 0. The van der Waals surface area contributed by atoms with Gasteiger partial charge in [-0.15, -0.1) is 11.3 Å². The van der Waals surface area contributed by atoms with Crippen molar-refractivity contribution in [3.8, 4) is 5.75 Å². The lowest BCUT2D eigenvalue weighted by molar-refractivity contribution is 0.469. The molecule has 2 heteroatoms. The van der Waals surface area contributed by atoms with E-state index >= 15 is 0 Å². The maximum atomic E-state index is 9.65. The zero-order valence-corrected chi connectivity index (χ0v) is 9.77. The fourth-order valence-corrected chi connectivity index (χ4v) is 2.66. The lowest BCUT2D eigenvalue weighted by Crippen LogP contribution is -1.84. The number of phenolic OH excluding ortho intramolecular Hbond substituents is 1. The van der Waals surface area contributed by atoms with Crippen molar-refractivity contribution in [2.75, 3.05) is 0 Å². The summed E-state index contributed by atoms with van der Waals surface area (Å²) in [5, 5.41) is 9.65. The molecule has 0 radical (unpaired) electrons. The standard InChI is InChI=1S/C13H14OS/c1-9-7-12(15-10(9)2)8-11-5-3-4-6-13(11)14/h3-7,14H,8H2,1-2H3. The molecule has 0 bridgehead atoms. The lowest BCUT2D eigenvalue weighted by atomic mass is 10.1. The highest BCUT2D eigenvalue weighted by atomic mass is 32.1. The number of benzene rings is 1. The van der Waals surface area contributed by atoms with E-state index in [-0.39, 0.29) is 0 Å². The Hall–Kier alpha value is -1.28. The highest BCUT2D eigenvalue weighted by Gasteiger charge is 2.05. The number of phenols is 1. The second-order valence-electron chi connectivity index (χ2n) is 3.76. The first-order chi connectivity index (χ1) is 7.16. The largest absolute Gasteiger partial charge is 0.508 e. The van der Waals surface area contributed by atoms with Crippen LogP contribution in [0.2, 0.25) is 0 Å². The van der Waals surface area contributed by atoms with Crippen molar-refractivity contribution in [2.45, 2.75) is 20.3 Å². The van der Waals surface area contributed by atoms with Crippen molar-refractivity contribution in [3.05, 3.63) is 51.2 Å². The number of hydrogen-bond acceptors (Lipinski definition) is 2. The van der Waals surface area contributed by atoms with Crippen LogP contribution in [0.4, 0.5) is 0 Å². The minimum absolute atomic E-state index is 0.390. The molecule has 1 nitrogen and oxygen atoms in total. The van der Waals surface area contributed by atoms with Gasteiger partial charge < -0.3 is 5.11 Å². The van der Waals surface area contributed by atoms with E-state index in [1.54, 1.807) is 17.4 Å². The molecule has 1 aromatic carbocycles. The number of aromatic hydroxyl groups is 1. The predicted octanol–water partition coefficient (Wildman–Crippen LogP) is 3.66. The summed E-state index contributed by atoms with van der Waals surface area (Å²) in [6.07, 6.45) is 0.825. The fourth-order valence-electron chi connectivity index (χ4n) is 1.58. The molecule has 0 saturated heterocycles. The van der Waals surface area contributed by atoms with Gasteiger partial charge in [-0.3, -0.25) is 0 Å². The summed E-state index contributed by atoms with van der Waals surface area (Å²) in [6, 6.07) is 9.72. The minimum Gasteiger partial charge on any atom is -0.508 e. The van der Waals surface area contributed by atoms with Crippen LogP contribution in [0.25, 0.3) is 0 Å². The SMILES string of the molecule is Cc1cc(Cc2ccccc2O)sc1C. The van der Waals surface area contributed by atoms with E-state index in [0.717, 1.165) is 12.0 Å². The minimum atomic E-state index is 0.390. The number of thiophene rings is 1. The van der Waals surface area contributed by atoms with Gasteiger partial charge in [-0.1, -0.05) is 18.2 Å². The van der Waals surface area contributed by atoms with Gasteiger partial charge in [-0.2, -0.15) is 0 Å². The second kappa shape index (κ2) is 4.07. The highest BCUT2D eigenvalue weighted by Crippen LogP contribution is 2.26. The van der Waals surface area contributed by atoms with E-state index in [1.165, 1.54) is 15.3 Å². The Balaban J connectivity index is 2.26. The average molecular weight is 218 g/mol. The molecule has 0 amide bonds. The summed E-state index contributed by atoms with van der Waals surface area (Å²) in [7, 11) is 0. The van der Waals surface area contributed by atoms with Crippen LogP contribution in [-0.2, 0) is 6.42 Å². The molecule has 0 saturated carbocycles. The number of hydrogen-bond donors (Lipinski definition) is 1. The van der Waals surface area contributed by atoms with Gasteiger partial charge in [0.1, 0.15) is 5.75 Å². The first-order valence-electron chi connectivity index (χ1n) is 4.99. The molecule has 0 fully saturated rings. The predicted molar refractivity (Wildman–Crippen MR) is 64.7 cm³/mol. The Morgan fingerprint density at radius 3 is 2.53 bits per heavy atom. The van der Waals surface area contributed by atoms with Crippen molar-refractivity contribution in [3.63, 3.8) is 0 Å². The monoisotopic (exact) mass is 218 g/mol. The Morgan fingerprint density at radius 1 is 1.20 bits per heavy atom. The molecule has 0 aliphatic rings. The zero-order chi connectivity index (χ0) is 10.8. The number of aryl methyl sites for hydroxylation is 2. The lowest BCUT2D eigenvalue weighted by Gasteiger charge is -2.01. The Kier molecular flexibility index (Phi) is 2.78. The van der Waals surface area contributed by atoms with Crippen LogP contribution >= 0.6 is 11.3 Å². The summed E-state index contributed by atoms with van der Waals surface area (Å²) in [5.74, 6) is 0.390. The van der Waals surface area contributed by atoms with Crippen molar-refractivity contribution in [1.82, 2.24) is 0 Å². The third kappa shape index (κ3) is 2.21. The van der Waals surface area contributed by atoms with Crippen LogP contribution in [0.5, 0.6) is 5.75 Å². The Bertz CT molecular complexity index is 452. The molecule has 1 heterocycles. The molecule has 78 valence electrons. The van der Waals surface area contributed by atoms with Gasteiger partial charge in [0, 0.05) is 16.2 Å². The summed E-state index contributed by atoms with van der Waals surface area (Å²) >= 11 is 1.81. The van der Waals surface area contributed by atoms with Crippen LogP contribution in [0.15, 0.2) is 30.3 Å².